The third-order valence-electron chi connectivity index (χ3n) is 3.72. The average Bonchev–Trinajstić information content (AvgIpc) is 2.93. The summed E-state index contributed by atoms with van der Waals surface area (Å²) in [7, 11) is 0. The highest BCUT2D eigenvalue weighted by molar-refractivity contribution is 7.99. The van der Waals surface area contributed by atoms with Crippen LogP contribution in [0.15, 0.2) is 5.16 Å². The van der Waals surface area contributed by atoms with Gasteiger partial charge < -0.3 is 5.11 Å². The van der Waals surface area contributed by atoms with Crippen molar-refractivity contribution in [3.05, 3.63) is 5.82 Å². The molecule has 6 heteroatoms. The number of aliphatic carboxylic acids is 1. The number of carboxylic acids is 1. The van der Waals surface area contributed by atoms with E-state index in [2.05, 4.69) is 35.5 Å². The number of hydrogen-bond acceptors (Lipinski definition) is 4. The average molecular weight is 283 g/mol. The SMILES string of the molecule is CC(C)c1nnc(SCC(=O)O)n1C1(C)CCCC1. The van der Waals surface area contributed by atoms with Gasteiger partial charge in [-0.1, -0.05) is 38.5 Å². The number of nitrogens with zero attached hydrogens (tertiary/aromatic N) is 3. The van der Waals surface area contributed by atoms with Gasteiger partial charge in [0.25, 0.3) is 0 Å². The summed E-state index contributed by atoms with van der Waals surface area (Å²) in [5.74, 6) is 0.482. The number of carboxylic acid groups (broad SMARTS) is 1. The Morgan fingerprint density at radius 1 is 1.42 bits per heavy atom. The van der Waals surface area contributed by atoms with Crippen molar-refractivity contribution < 1.29 is 9.90 Å². The highest BCUT2D eigenvalue weighted by Gasteiger charge is 2.35. The molecule has 1 aliphatic rings. The summed E-state index contributed by atoms with van der Waals surface area (Å²) in [6.45, 7) is 6.44. The lowest BCUT2D eigenvalue weighted by Gasteiger charge is -2.29. The van der Waals surface area contributed by atoms with E-state index in [1.54, 1.807) is 0 Å². The fraction of sp³-hybridized carbons (Fsp3) is 0.769. The first-order valence-electron chi connectivity index (χ1n) is 6.74. The lowest BCUT2D eigenvalue weighted by molar-refractivity contribution is -0.133. The smallest absolute Gasteiger partial charge is 0.313 e. The second-order valence-corrected chi connectivity index (χ2v) is 6.66. The van der Waals surface area contributed by atoms with Crippen LogP contribution in [-0.2, 0) is 10.3 Å². The molecule has 0 spiro atoms. The summed E-state index contributed by atoms with van der Waals surface area (Å²) in [6, 6.07) is 0. The number of hydrogen-bond donors (Lipinski definition) is 1. The molecular weight excluding hydrogens is 262 g/mol. The van der Waals surface area contributed by atoms with Crippen LogP contribution < -0.4 is 0 Å². The van der Waals surface area contributed by atoms with Crippen LogP contribution in [0, 0.1) is 0 Å². The first-order chi connectivity index (χ1) is 8.94. The van der Waals surface area contributed by atoms with Gasteiger partial charge in [-0.25, -0.2) is 0 Å². The monoisotopic (exact) mass is 283 g/mol. The van der Waals surface area contributed by atoms with Crippen molar-refractivity contribution in [1.29, 1.82) is 0 Å². The molecule has 1 N–H and O–H groups in total. The van der Waals surface area contributed by atoms with Crippen molar-refractivity contribution in [1.82, 2.24) is 14.8 Å². The first-order valence-corrected chi connectivity index (χ1v) is 7.73. The topological polar surface area (TPSA) is 68.0 Å². The van der Waals surface area contributed by atoms with Crippen LogP contribution in [0.1, 0.15) is 58.2 Å². The van der Waals surface area contributed by atoms with E-state index < -0.39 is 5.97 Å². The number of rotatable bonds is 5. The van der Waals surface area contributed by atoms with E-state index in [1.807, 2.05) is 0 Å². The van der Waals surface area contributed by atoms with Crippen LogP contribution in [0.2, 0.25) is 0 Å². The van der Waals surface area contributed by atoms with Crippen molar-refractivity contribution in [3.8, 4) is 0 Å². The summed E-state index contributed by atoms with van der Waals surface area (Å²) >= 11 is 1.27. The van der Waals surface area contributed by atoms with Crippen LogP contribution >= 0.6 is 11.8 Å². The van der Waals surface area contributed by atoms with Gasteiger partial charge in [-0.05, 0) is 19.8 Å². The van der Waals surface area contributed by atoms with E-state index in [1.165, 1.54) is 24.6 Å². The van der Waals surface area contributed by atoms with Crippen molar-refractivity contribution in [2.45, 2.75) is 63.1 Å². The molecule has 1 saturated carbocycles. The highest BCUT2D eigenvalue weighted by atomic mass is 32.2. The molecule has 1 aliphatic carbocycles. The van der Waals surface area contributed by atoms with E-state index in [0.717, 1.165) is 23.8 Å². The molecule has 1 aromatic rings. The zero-order valence-corrected chi connectivity index (χ0v) is 12.5. The maximum atomic E-state index is 10.7. The zero-order valence-electron chi connectivity index (χ0n) is 11.7. The fourth-order valence-electron chi connectivity index (χ4n) is 2.74. The van der Waals surface area contributed by atoms with E-state index in [9.17, 15) is 4.79 Å². The maximum absolute atomic E-state index is 10.7. The summed E-state index contributed by atoms with van der Waals surface area (Å²) in [4.78, 5) is 10.7. The van der Waals surface area contributed by atoms with Crippen molar-refractivity contribution in [3.63, 3.8) is 0 Å². The van der Waals surface area contributed by atoms with Crippen LogP contribution in [-0.4, -0.2) is 31.6 Å². The van der Waals surface area contributed by atoms with Gasteiger partial charge in [-0.3, -0.25) is 9.36 Å². The highest BCUT2D eigenvalue weighted by Crippen LogP contribution is 2.40. The minimum Gasteiger partial charge on any atom is -0.481 e. The Balaban J connectivity index is 2.36. The predicted molar refractivity (Wildman–Crippen MR) is 74.6 cm³/mol. The second kappa shape index (κ2) is 5.53. The first kappa shape index (κ1) is 14.4. The Labute approximate surface area is 117 Å². The van der Waals surface area contributed by atoms with Crippen molar-refractivity contribution in [2.24, 2.45) is 0 Å². The van der Waals surface area contributed by atoms with Gasteiger partial charge in [0.2, 0.25) is 0 Å². The number of carbonyl (C=O) groups is 1. The fourth-order valence-corrected chi connectivity index (χ4v) is 3.54. The molecule has 106 valence electrons. The largest absolute Gasteiger partial charge is 0.481 e. The normalized spacial score (nSPS) is 18.1. The minimum atomic E-state index is -0.817. The Bertz CT molecular complexity index is 464. The molecule has 0 saturated heterocycles. The molecule has 0 unspecified atom stereocenters. The molecule has 5 nitrogen and oxygen atoms in total. The molecule has 0 aliphatic heterocycles. The standard InChI is InChI=1S/C13H21N3O2S/c1-9(2)11-14-15-12(19-8-10(17)18)16(11)13(3)6-4-5-7-13/h9H,4-8H2,1-3H3,(H,17,18). The predicted octanol–water partition coefficient (Wildman–Crippen LogP) is 2.87. The Morgan fingerprint density at radius 2 is 2.05 bits per heavy atom. The molecule has 1 aromatic heterocycles. The van der Waals surface area contributed by atoms with Crippen LogP contribution in [0.25, 0.3) is 0 Å². The third-order valence-corrected chi connectivity index (χ3v) is 4.63. The van der Waals surface area contributed by atoms with Crippen molar-refractivity contribution in [2.75, 3.05) is 5.75 Å². The molecule has 0 radical (unpaired) electrons. The molecule has 0 aromatic carbocycles. The Morgan fingerprint density at radius 3 is 2.58 bits per heavy atom. The molecule has 1 heterocycles. The minimum absolute atomic E-state index is 0.0340. The summed E-state index contributed by atoms with van der Waals surface area (Å²) in [5, 5.41) is 18.1. The second-order valence-electron chi connectivity index (χ2n) is 5.72. The molecule has 0 amide bonds. The van der Waals surface area contributed by atoms with Gasteiger partial charge in [-0.15, -0.1) is 10.2 Å². The van der Waals surface area contributed by atoms with Crippen LogP contribution in [0.3, 0.4) is 0 Å². The van der Waals surface area contributed by atoms with Gasteiger partial charge >= 0.3 is 5.97 Å². The molecule has 2 rings (SSSR count). The number of thioether (sulfide) groups is 1. The van der Waals surface area contributed by atoms with Gasteiger partial charge in [0.1, 0.15) is 5.82 Å². The van der Waals surface area contributed by atoms with Crippen LogP contribution in [0.5, 0.6) is 0 Å². The molecular formula is C13H21N3O2S. The van der Waals surface area contributed by atoms with E-state index in [-0.39, 0.29) is 11.3 Å². The van der Waals surface area contributed by atoms with Crippen molar-refractivity contribution >= 4 is 17.7 Å². The van der Waals surface area contributed by atoms with Gasteiger partial charge in [-0.2, -0.15) is 0 Å². The summed E-state index contributed by atoms with van der Waals surface area (Å²) in [6.07, 6.45) is 4.67. The van der Waals surface area contributed by atoms with E-state index in [0.29, 0.717) is 5.92 Å². The summed E-state index contributed by atoms with van der Waals surface area (Å²) < 4.78 is 2.19. The van der Waals surface area contributed by atoms with Crippen LogP contribution in [0.4, 0.5) is 0 Å². The molecule has 19 heavy (non-hydrogen) atoms. The quantitative estimate of drug-likeness (QED) is 0.842. The maximum Gasteiger partial charge on any atom is 0.313 e. The Hall–Kier alpha value is -1.04. The third kappa shape index (κ3) is 2.94. The molecule has 0 bridgehead atoms. The van der Waals surface area contributed by atoms with Gasteiger partial charge in [0, 0.05) is 11.5 Å². The van der Waals surface area contributed by atoms with Gasteiger partial charge in [0.05, 0.1) is 5.75 Å². The van der Waals surface area contributed by atoms with E-state index in [4.69, 9.17) is 5.11 Å². The molecule has 0 atom stereocenters. The van der Waals surface area contributed by atoms with E-state index >= 15 is 0 Å². The number of aromatic nitrogens is 3. The van der Waals surface area contributed by atoms with Gasteiger partial charge in [0.15, 0.2) is 5.16 Å². The zero-order chi connectivity index (χ0) is 14.0. The molecule has 1 fully saturated rings. The Kier molecular flexibility index (Phi) is 4.18. The summed E-state index contributed by atoms with van der Waals surface area (Å²) in [5.41, 5.74) is 0.0456. The lowest BCUT2D eigenvalue weighted by Crippen LogP contribution is -2.29. The lowest BCUT2D eigenvalue weighted by atomic mass is 9.99.